The first kappa shape index (κ1) is 21.5. The minimum absolute atomic E-state index is 0.00201. The smallest absolute Gasteiger partial charge is 0.262 e. The summed E-state index contributed by atoms with van der Waals surface area (Å²) in [5.41, 5.74) is 2.72. The summed E-state index contributed by atoms with van der Waals surface area (Å²) in [5, 5.41) is 6.90. The fourth-order valence-corrected chi connectivity index (χ4v) is 3.71. The highest BCUT2D eigenvalue weighted by Crippen LogP contribution is 2.18. The Bertz CT molecular complexity index is 1070. The van der Waals surface area contributed by atoms with Gasteiger partial charge in [0.15, 0.2) is 0 Å². The summed E-state index contributed by atoms with van der Waals surface area (Å²) >= 11 is 0. The van der Waals surface area contributed by atoms with Crippen molar-refractivity contribution >= 4 is 17.5 Å². The third-order valence-corrected chi connectivity index (χ3v) is 5.41. The number of methoxy groups -OCH3 is 1. The lowest BCUT2D eigenvalue weighted by Gasteiger charge is -2.34. The number of rotatable bonds is 6. The fourth-order valence-electron chi connectivity index (χ4n) is 3.71. The van der Waals surface area contributed by atoms with Gasteiger partial charge in [0.25, 0.3) is 11.8 Å². The molecule has 1 aliphatic rings. The maximum Gasteiger partial charge on any atom is 0.262 e. The molecule has 0 unspecified atom stereocenters. The van der Waals surface area contributed by atoms with Gasteiger partial charge in [0, 0.05) is 69.6 Å². The minimum Gasteiger partial charge on any atom is -0.479 e. The molecule has 1 saturated heterocycles. The monoisotopic (exact) mass is 434 g/mol. The molecular weight excluding hydrogens is 408 g/mol. The van der Waals surface area contributed by atoms with E-state index in [1.54, 1.807) is 43.7 Å². The molecule has 3 aromatic rings. The van der Waals surface area contributed by atoms with Gasteiger partial charge >= 0.3 is 0 Å². The molecular formula is C23H26N6O3. The van der Waals surface area contributed by atoms with Gasteiger partial charge in [0.1, 0.15) is 5.56 Å². The molecule has 1 aromatic carbocycles. The summed E-state index contributed by atoms with van der Waals surface area (Å²) in [5.74, 6) is -0.0592. The van der Waals surface area contributed by atoms with Crippen molar-refractivity contribution in [2.75, 3.05) is 38.6 Å². The van der Waals surface area contributed by atoms with Crippen LogP contribution < -0.4 is 10.1 Å². The number of benzene rings is 1. The molecule has 0 radical (unpaired) electrons. The lowest BCUT2D eigenvalue weighted by molar-refractivity contribution is 0.0628. The van der Waals surface area contributed by atoms with Crippen LogP contribution in [-0.2, 0) is 13.6 Å². The number of nitrogens with zero attached hydrogens (tertiary/aromatic N) is 5. The molecule has 9 heteroatoms. The summed E-state index contributed by atoms with van der Waals surface area (Å²) in [6, 6.07) is 10.9. The van der Waals surface area contributed by atoms with Gasteiger partial charge in [-0.25, -0.2) is 0 Å². The molecule has 0 atom stereocenters. The molecule has 166 valence electrons. The summed E-state index contributed by atoms with van der Waals surface area (Å²) in [4.78, 5) is 33.7. The first-order chi connectivity index (χ1) is 15.5. The van der Waals surface area contributed by atoms with E-state index in [1.165, 1.54) is 17.4 Å². The zero-order valence-electron chi connectivity index (χ0n) is 18.2. The number of aryl methyl sites for hydroxylation is 1. The van der Waals surface area contributed by atoms with Crippen molar-refractivity contribution < 1.29 is 14.3 Å². The highest BCUT2D eigenvalue weighted by molar-refractivity contribution is 6.06. The van der Waals surface area contributed by atoms with E-state index in [-0.39, 0.29) is 17.7 Å². The topological polar surface area (TPSA) is 92.6 Å². The fraction of sp³-hybridized carbons (Fsp3) is 0.304. The predicted molar refractivity (Wildman–Crippen MR) is 120 cm³/mol. The summed E-state index contributed by atoms with van der Waals surface area (Å²) in [6.45, 7) is 3.84. The summed E-state index contributed by atoms with van der Waals surface area (Å²) in [6.07, 6.45) is 5.24. The summed E-state index contributed by atoms with van der Waals surface area (Å²) in [7, 11) is 3.19. The van der Waals surface area contributed by atoms with Crippen LogP contribution >= 0.6 is 0 Å². The molecule has 1 fully saturated rings. The number of nitrogens with one attached hydrogen (secondary N) is 1. The molecule has 0 saturated carbocycles. The first-order valence-electron chi connectivity index (χ1n) is 10.4. The van der Waals surface area contributed by atoms with Crippen molar-refractivity contribution in [2.24, 2.45) is 7.05 Å². The number of hydrogen-bond acceptors (Lipinski definition) is 6. The largest absolute Gasteiger partial charge is 0.479 e. The Hall–Kier alpha value is -3.72. The van der Waals surface area contributed by atoms with Crippen LogP contribution in [0.1, 0.15) is 26.3 Å². The Morgan fingerprint density at radius 1 is 1.09 bits per heavy atom. The second kappa shape index (κ2) is 9.61. The molecule has 9 nitrogen and oxygen atoms in total. The van der Waals surface area contributed by atoms with E-state index in [1.807, 2.05) is 17.2 Å². The molecule has 4 rings (SSSR count). The molecule has 0 aliphatic carbocycles. The second-order valence-corrected chi connectivity index (χ2v) is 7.69. The molecule has 1 N–H and O–H groups in total. The van der Waals surface area contributed by atoms with Gasteiger partial charge in [-0.15, -0.1) is 5.10 Å². The van der Waals surface area contributed by atoms with Gasteiger partial charge < -0.3 is 15.0 Å². The van der Waals surface area contributed by atoms with E-state index in [4.69, 9.17) is 4.74 Å². The van der Waals surface area contributed by atoms with E-state index in [0.29, 0.717) is 29.9 Å². The van der Waals surface area contributed by atoms with Gasteiger partial charge in [-0.2, -0.15) is 0 Å². The van der Waals surface area contributed by atoms with E-state index >= 15 is 0 Å². The lowest BCUT2D eigenvalue weighted by atomic mass is 10.1. The average molecular weight is 435 g/mol. The van der Waals surface area contributed by atoms with Gasteiger partial charge in [-0.1, -0.05) is 6.07 Å². The Balaban J connectivity index is 1.32. The molecule has 3 heterocycles. The van der Waals surface area contributed by atoms with E-state index < -0.39 is 0 Å². The minimum atomic E-state index is -0.321. The van der Waals surface area contributed by atoms with E-state index in [0.717, 1.165) is 19.6 Å². The number of anilines is 1. The van der Waals surface area contributed by atoms with Gasteiger partial charge in [-0.05, 0) is 35.9 Å². The number of aromatic nitrogens is 3. The highest BCUT2D eigenvalue weighted by Gasteiger charge is 2.22. The van der Waals surface area contributed by atoms with E-state index in [2.05, 4.69) is 26.4 Å². The van der Waals surface area contributed by atoms with Gasteiger partial charge in [0.05, 0.1) is 7.11 Å². The Morgan fingerprint density at radius 2 is 1.84 bits per heavy atom. The Kier molecular flexibility index (Phi) is 6.46. The second-order valence-electron chi connectivity index (χ2n) is 7.69. The number of piperazine rings is 1. The van der Waals surface area contributed by atoms with Crippen LogP contribution in [0.3, 0.4) is 0 Å². The molecule has 2 amide bonds. The van der Waals surface area contributed by atoms with Crippen LogP contribution in [0.2, 0.25) is 0 Å². The lowest BCUT2D eigenvalue weighted by Crippen LogP contribution is -2.48. The number of carbonyl (C=O) groups excluding carboxylic acids is 2. The Morgan fingerprint density at radius 3 is 2.50 bits per heavy atom. The average Bonchev–Trinajstić information content (AvgIpc) is 3.21. The zero-order chi connectivity index (χ0) is 22.5. The maximum atomic E-state index is 12.9. The Labute approximate surface area is 186 Å². The van der Waals surface area contributed by atoms with Crippen LogP contribution in [0.15, 0.2) is 55.0 Å². The van der Waals surface area contributed by atoms with Crippen molar-refractivity contribution in [1.82, 2.24) is 24.6 Å². The highest BCUT2D eigenvalue weighted by atomic mass is 16.5. The molecule has 1 aliphatic heterocycles. The van der Waals surface area contributed by atoms with Crippen molar-refractivity contribution in [3.63, 3.8) is 0 Å². The van der Waals surface area contributed by atoms with Crippen LogP contribution in [0.25, 0.3) is 0 Å². The van der Waals surface area contributed by atoms with E-state index in [9.17, 15) is 9.59 Å². The SMILES string of the molecule is COc1nn(C)cc1C(=O)Nc1ccc(C(=O)N2CCN(Cc3cccnc3)CC2)cc1. The third-order valence-electron chi connectivity index (χ3n) is 5.41. The summed E-state index contributed by atoms with van der Waals surface area (Å²) < 4.78 is 6.65. The number of pyridine rings is 1. The molecule has 0 bridgehead atoms. The van der Waals surface area contributed by atoms with Crippen LogP contribution in [0.5, 0.6) is 5.88 Å². The number of ether oxygens (including phenoxy) is 1. The van der Waals surface area contributed by atoms with Crippen molar-refractivity contribution in [3.8, 4) is 5.88 Å². The van der Waals surface area contributed by atoms with Crippen molar-refractivity contribution in [3.05, 3.63) is 71.7 Å². The first-order valence-corrected chi connectivity index (χ1v) is 10.4. The maximum absolute atomic E-state index is 12.9. The van der Waals surface area contributed by atoms with Crippen LogP contribution in [-0.4, -0.2) is 69.7 Å². The standard InChI is InChI=1S/C23H26N6O3/c1-27-16-20(22(26-27)32-2)21(30)25-19-7-5-18(6-8-19)23(31)29-12-10-28(11-13-29)15-17-4-3-9-24-14-17/h3-9,14,16H,10-13,15H2,1-2H3,(H,25,30). The predicted octanol–water partition coefficient (Wildman–Crippen LogP) is 2.03. The van der Waals surface area contributed by atoms with Crippen LogP contribution in [0.4, 0.5) is 5.69 Å². The van der Waals surface area contributed by atoms with Crippen molar-refractivity contribution in [2.45, 2.75) is 6.54 Å². The third kappa shape index (κ3) is 4.94. The van der Waals surface area contributed by atoms with Crippen molar-refractivity contribution in [1.29, 1.82) is 0 Å². The number of carbonyl (C=O) groups is 2. The zero-order valence-corrected chi connectivity index (χ0v) is 18.2. The van der Waals surface area contributed by atoms with Crippen LogP contribution in [0, 0.1) is 0 Å². The molecule has 2 aromatic heterocycles. The molecule has 0 spiro atoms. The molecule has 32 heavy (non-hydrogen) atoms. The quantitative estimate of drug-likeness (QED) is 0.638. The normalized spacial score (nSPS) is 14.2. The number of hydrogen-bond donors (Lipinski definition) is 1. The van der Waals surface area contributed by atoms with Gasteiger partial charge in [0.2, 0.25) is 5.88 Å². The van der Waals surface area contributed by atoms with Gasteiger partial charge in [-0.3, -0.25) is 24.2 Å². The number of amides is 2.